The standard InChI is InChI=1S/C41H45N5O4.C39H46BN3O6.C9H12BrN/c1-22(2)38(45-41(48)49-3)40(47)46-35-10-6-9-26(35)17-36(46)33-18-30-29-19-37-31(16-24(29)12-14-32(30)43-33)28-13-11-25(15-27(28)21-50-37)34-20-42-39(44-34)23-7-4-5-8-23;1-21(2)35(42-37(45)46-7)36(44)43-32-10-8-9-23(32)17-33(43)31-18-28-27-19-34-29(16-22(27)11-14-30(28)41-31)26-13-12-25(15-24(26)20-47-34)40-48-38(3,4)39(5,6)49-40;10-9-6-5-8(11-9)7-3-1-2-4-7/h11-16,19-20,22-23,26,35-36,38H,4-10,17-18,21H2,1-3H3,(H,42,44)(H,45,48);11-16,19,21,23,32-33,35H,8-10,17-18,20H2,1-7H3,(H,42,45);5-7,11H,1-4H2/t26-,35-,36-,38-;23-,32-,33-,35-;/m00./s1. The van der Waals surface area contributed by atoms with E-state index in [9.17, 15) is 19.2 Å². The Labute approximate surface area is 653 Å². The number of rotatable bonds is 12. The Morgan fingerprint density at radius 2 is 1.06 bits per heavy atom. The van der Waals surface area contributed by atoms with Crippen LogP contribution in [0, 0.1) is 23.7 Å². The van der Waals surface area contributed by atoms with Crippen LogP contribution in [0.5, 0.6) is 11.5 Å². The second kappa shape index (κ2) is 29.7. The van der Waals surface area contributed by atoms with E-state index in [4.69, 9.17) is 43.2 Å². The second-order valence-electron chi connectivity index (χ2n) is 34.4. The van der Waals surface area contributed by atoms with E-state index in [-0.39, 0.29) is 47.8 Å². The molecule has 4 N–H and O–H groups in total. The number of aromatic nitrogens is 3. The molecule has 0 bridgehead atoms. The van der Waals surface area contributed by atoms with Crippen molar-refractivity contribution in [2.24, 2.45) is 33.7 Å². The Bertz CT molecular complexity index is 4990. The van der Waals surface area contributed by atoms with Crippen LogP contribution in [0.3, 0.4) is 0 Å². The van der Waals surface area contributed by atoms with Crippen LogP contribution in [-0.2, 0) is 54.4 Å². The Hall–Kier alpha value is -8.79. The maximum Gasteiger partial charge on any atom is 0.494 e. The lowest BCUT2D eigenvalue weighted by Crippen LogP contribution is -2.56. The van der Waals surface area contributed by atoms with E-state index in [2.05, 4.69) is 171 Å². The van der Waals surface area contributed by atoms with Gasteiger partial charge in [0.05, 0.1) is 65.4 Å². The summed E-state index contributed by atoms with van der Waals surface area (Å²) in [6, 6.07) is 33.7. The number of imidazole rings is 1. The van der Waals surface area contributed by atoms with Crippen molar-refractivity contribution in [3.05, 3.63) is 142 Å². The molecule has 8 atom stereocenters. The molecule has 2 aromatic heterocycles. The zero-order valence-corrected chi connectivity index (χ0v) is 66.7. The number of H-pyrrole nitrogens is 2. The topological polar surface area (TPSA) is 223 Å². The van der Waals surface area contributed by atoms with E-state index in [0.717, 1.165) is 163 Å². The summed E-state index contributed by atoms with van der Waals surface area (Å²) in [6.07, 6.45) is 21.1. The number of aliphatic imine (C=N–C) groups is 2. The maximum atomic E-state index is 14.2. The fourth-order valence-electron chi connectivity index (χ4n) is 20.0. The molecular weight excluding hydrogens is 1450 g/mol. The van der Waals surface area contributed by atoms with Gasteiger partial charge in [-0.15, -0.1) is 0 Å². The highest BCUT2D eigenvalue weighted by molar-refractivity contribution is 9.10. The molecule has 4 amide bonds. The van der Waals surface area contributed by atoms with Crippen LogP contribution in [0.4, 0.5) is 21.0 Å². The van der Waals surface area contributed by atoms with Gasteiger partial charge in [0, 0.05) is 59.1 Å². The normalized spacial score (nSPS) is 23.5. The number of aromatic amines is 2. The summed E-state index contributed by atoms with van der Waals surface area (Å²) in [5, 5.41) is 10.2. The molecule has 4 saturated carbocycles. The predicted molar refractivity (Wildman–Crippen MR) is 434 cm³/mol. The van der Waals surface area contributed by atoms with Crippen molar-refractivity contribution < 1.29 is 47.4 Å². The number of hydrogen-bond donors (Lipinski definition) is 4. The largest absolute Gasteiger partial charge is 0.494 e. The summed E-state index contributed by atoms with van der Waals surface area (Å²) in [6.45, 7) is 17.1. The van der Waals surface area contributed by atoms with Crippen LogP contribution in [0.1, 0.15) is 204 Å². The lowest BCUT2D eigenvalue weighted by molar-refractivity contribution is -0.137. The number of carbonyl (C=O) groups excluding carboxylic acids is 4. The molecule has 3 saturated heterocycles. The third-order valence-corrected chi connectivity index (χ3v) is 27.1. The number of halogens is 1. The molecule has 0 radical (unpaired) electrons. The van der Waals surface area contributed by atoms with Crippen LogP contribution in [-0.4, -0.2) is 129 Å². The van der Waals surface area contributed by atoms with Crippen LogP contribution >= 0.6 is 15.9 Å². The minimum Gasteiger partial charge on any atom is -0.488 e. The van der Waals surface area contributed by atoms with Gasteiger partial charge in [-0.1, -0.05) is 109 Å². The van der Waals surface area contributed by atoms with Gasteiger partial charge < -0.3 is 58.7 Å². The maximum absolute atomic E-state index is 14.2. The van der Waals surface area contributed by atoms with E-state index >= 15 is 0 Å². The minimum atomic E-state index is -0.654. The van der Waals surface area contributed by atoms with Crippen LogP contribution in [0.2, 0.25) is 0 Å². The summed E-state index contributed by atoms with van der Waals surface area (Å²) in [7, 11) is 2.25. The van der Waals surface area contributed by atoms with Crippen LogP contribution < -0.4 is 25.6 Å². The highest BCUT2D eigenvalue weighted by Crippen LogP contribution is 2.51. The van der Waals surface area contributed by atoms with Gasteiger partial charge in [0.2, 0.25) is 11.8 Å². The first-order valence-electron chi connectivity index (χ1n) is 40.5. The zero-order valence-electron chi connectivity index (χ0n) is 65.2. The fourth-order valence-corrected chi connectivity index (χ4v) is 20.4. The third-order valence-electron chi connectivity index (χ3n) is 26.6. The zero-order chi connectivity index (χ0) is 76.2. The molecule has 8 aromatic rings. The summed E-state index contributed by atoms with van der Waals surface area (Å²) in [4.78, 5) is 79.1. The van der Waals surface area contributed by atoms with E-state index in [1.54, 1.807) is 0 Å². The molecule has 4 aliphatic carbocycles. The van der Waals surface area contributed by atoms with Gasteiger partial charge in [-0.25, -0.2) is 14.6 Å². The van der Waals surface area contributed by atoms with Gasteiger partial charge in [-0.3, -0.25) is 19.6 Å². The Morgan fingerprint density at radius 3 is 1.55 bits per heavy atom. The first-order chi connectivity index (χ1) is 53.1. The Morgan fingerprint density at radius 1 is 0.564 bits per heavy atom. The van der Waals surface area contributed by atoms with Crippen LogP contribution in [0.15, 0.2) is 118 Å². The van der Waals surface area contributed by atoms with E-state index in [0.29, 0.717) is 43.8 Å². The molecule has 7 fully saturated rings. The van der Waals surface area contributed by atoms with Crippen molar-refractivity contribution in [2.45, 2.75) is 243 Å². The van der Waals surface area contributed by atoms with Gasteiger partial charge in [0.25, 0.3) is 0 Å². The summed E-state index contributed by atoms with van der Waals surface area (Å²) in [5.41, 5.74) is 17.0. The molecule has 7 aliphatic heterocycles. The molecule has 0 unspecified atom stereocenters. The number of alkyl carbamates (subject to hydrolysis) is 2. The van der Waals surface area contributed by atoms with Crippen molar-refractivity contribution in [3.63, 3.8) is 0 Å². The average molecular weight is 1550 g/mol. The lowest BCUT2D eigenvalue weighted by Gasteiger charge is -2.34. The van der Waals surface area contributed by atoms with Crippen molar-refractivity contribution in [1.29, 1.82) is 0 Å². The quantitative estimate of drug-likeness (QED) is 0.0842. The first kappa shape index (κ1) is 74.0. The number of nitrogens with one attached hydrogen (secondary N) is 4. The van der Waals surface area contributed by atoms with Gasteiger partial charge in [-0.05, 0) is 258 Å². The number of carbonyl (C=O) groups is 4. The summed E-state index contributed by atoms with van der Waals surface area (Å²) < 4.78 is 36.4. The van der Waals surface area contributed by atoms with Crippen molar-refractivity contribution in [2.75, 3.05) is 14.2 Å². The van der Waals surface area contributed by atoms with Crippen LogP contribution in [0.25, 0.3) is 55.1 Å². The molecule has 19 nitrogen and oxygen atoms in total. The number of fused-ring (bicyclic) bond motifs is 14. The summed E-state index contributed by atoms with van der Waals surface area (Å²) in [5.74, 6) is 4.94. The minimum absolute atomic E-state index is 0.0283. The first-order valence-corrected chi connectivity index (χ1v) is 41.3. The molecule has 0 spiro atoms. The van der Waals surface area contributed by atoms with Gasteiger partial charge in [-0.2, -0.15) is 0 Å². The predicted octanol–water partition coefficient (Wildman–Crippen LogP) is 18.1. The van der Waals surface area contributed by atoms with E-state index in [1.165, 1.54) is 93.5 Å². The van der Waals surface area contributed by atoms with Crippen molar-refractivity contribution >= 4 is 96.9 Å². The van der Waals surface area contributed by atoms with E-state index < -0.39 is 42.6 Å². The number of nitrogens with zero attached hydrogens (tertiary/aromatic N) is 5. The fraction of sp³-hybridized carbons (Fsp3) is 0.494. The number of amides is 4. The lowest BCUT2D eigenvalue weighted by atomic mass is 9.77. The highest BCUT2D eigenvalue weighted by Gasteiger charge is 2.54. The SMILES string of the molecule is Brc1ccc(C2CCCC2)[nH]1.COC(=O)N[C@H](C(=O)N1[C@H](C2=Nc3ccc4cc5c(cc4c3C2)OCc2cc(-c3cnc(C4CCCC4)[nH]3)ccc2-5)C[C@@H]2CCC[C@@H]21)C(C)C.COC(=O)N[C@H](C(=O)N1[C@H](C2=Nc3ccc4cc5c(cc4c3C2)OCc2cc(B3OC(C)(C)C(C)(C)O3)ccc2-5)C[C@@H]2CCC[C@@H]21)C(C)C. The monoisotopic (exact) mass is 1550 g/mol. The molecule has 9 heterocycles. The average Bonchev–Trinajstić information content (AvgIpc) is 1.48. The Balaban J connectivity index is 0.000000140. The molecule has 21 heteroatoms. The number of methoxy groups -OCH3 is 2. The van der Waals surface area contributed by atoms with Crippen molar-refractivity contribution in [3.8, 4) is 45.0 Å². The number of hydrogen-bond acceptors (Lipinski definition) is 13. The van der Waals surface area contributed by atoms with Crippen molar-refractivity contribution in [1.82, 2.24) is 35.4 Å². The smallest absolute Gasteiger partial charge is 0.488 e. The van der Waals surface area contributed by atoms with Gasteiger partial charge >= 0.3 is 19.3 Å². The molecule has 6 aromatic carbocycles. The number of likely N-dealkylation sites (tertiary alicyclic amines) is 2. The van der Waals surface area contributed by atoms with Gasteiger partial charge in [0.15, 0.2) is 0 Å². The molecule has 110 heavy (non-hydrogen) atoms. The highest BCUT2D eigenvalue weighted by atomic mass is 79.9. The van der Waals surface area contributed by atoms with E-state index in [1.807, 2.05) is 33.9 Å². The third kappa shape index (κ3) is 13.7. The second-order valence-corrected chi connectivity index (χ2v) is 35.3. The molecule has 574 valence electrons. The van der Waals surface area contributed by atoms with Gasteiger partial charge in [0.1, 0.15) is 42.6 Å². The molecule has 11 aliphatic rings. The molecule has 19 rings (SSSR count). The number of ether oxygens (including phenoxy) is 4. The Kier molecular flexibility index (Phi) is 20.0. The summed E-state index contributed by atoms with van der Waals surface area (Å²) >= 11 is 3.42. The molecular formula is C89H103BBrN9O10. The number of benzene rings is 6.